The molecule has 1 fully saturated rings. The zero-order chi connectivity index (χ0) is 22.9. The number of para-hydroxylation sites is 1. The molecule has 1 saturated heterocycles. The number of nitrogens with one attached hydrogen (secondary N) is 2. The average Bonchev–Trinajstić information content (AvgIpc) is 3.07. The average molecular weight is 435 g/mol. The van der Waals surface area contributed by atoms with Gasteiger partial charge in [0.2, 0.25) is 5.91 Å². The van der Waals surface area contributed by atoms with Gasteiger partial charge in [-0.15, -0.1) is 0 Å². The minimum atomic E-state index is -0.615. The van der Waals surface area contributed by atoms with Gasteiger partial charge < -0.3 is 10.6 Å². The predicted octanol–water partition coefficient (Wildman–Crippen LogP) is 4.83. The number of benzene rings is 4. The number of anilines is 1. The summed E-state index contributed by atoms with van der Waals surface area (Å²) in [6, 6.07) is 24.6. The molecule has 1 heterocycles. The van der Waals surface area contributed by atoms with E-state index in [0.29, 0.717) is 5.69 Å². The molecule has 0 aliphatic carbocycles. The van der Waals surface area contributed by atoms with Gasteiger partial charge in [0.1, 0.15) is 12.2 Å². The van der Waals surface area contributed by atoms with E-state index in [0.717, 1.165) is 37.6 Å². The lowest BCUT2D eigenvalue weighted by atomic mass is 9.96. The van der Waals surface area contributed by atoms with Crippen molar-refractivity contribution in [3.8, 4) is 0 Å². The molecule has 0 saturated carbocycles. The molecule has 162 valence electrons. The van der Waals surface area contributed by atoms with Gasteiger partial charge in [0, 0.05) is 5.69 Å². The Bertz CT molecular complexity index is 1420. The number of fused-ring (bicyclic) bond motifs is 2. The van der Waals surface area contributed by atoms with Crippen molar-refractivity contribution in [1.82, 2.24) is 10.2 Å². The van der Waals surface area contributed by atoms with E-state index in [9.17, 15) is 14.4 Å². The number of carbonyl (C=O) groups excluding carboxylic acids is 3. The Hall–Kier alpha value is -4.45. The van der Waals surface area contributed by atoms with Crippen LogP contribution in [0.2, 0.25) is 0 Å². The highest BCUT2D eigenvalue weighted by Gasteiger charge is 2.35. The SMILES string of the molecule is Cc1ccccc1NC(=O)CN1C(=O)N/C(=C\c2c3ccccc3cc3ccccc23)C1=O. The molecule has 33 heavy (non-hydrogen) atoms. The first kappa shape index (κ1) is 20.5. The number of nitrogens with zero attached hydrogens (tertiary/aromatic N) is 1. The number of carbonyl (C=O) groups is 3. The number of hydrogen-bond donors (Lipinski definition) is 2. The smallest absolute Gasteiger partial charge is 0.324 e. The third-order valence-electron chi connectivity index (χ3n) is 5.78. The van der Waals surface area contributed by atoms with E-state index in [-0.39, 0.29) is 12.2 Å². The van der Waals surface area contributed by atoms with E-state index in [1.807, 2.05) is 73.7 Å². The van der Waals surface area contributed by atoms with Crippen LogP contribution in [0.25, 0.3) is 27.6 Å². The topological polar surface area (TPSA) is 78.5 Å². The van der Waals surface area contributed by atoms with E-state index in [2.05, 4.69) is 16.7 Å². The Labute approximate surface area is 190 Å². The second-order valence-corrected chi connectivity index (χ2v) is 7.98. The number of aryl methyl sites for hydroxylation is 1. The van der Waals surface area contributed by atoms with Gasteiger partial charge in [0.25, 0.3) is 5.91 Å². The fourth-order valence-corrected chi connectivity index (χ4v) is 4.11. The molecule has 0 bridgehead atoms. The van der Waals surface area contributed by atoms with Crippen molar-refractivity contribution in [2.45, 2.75) is 6.92 Å². The molecule has 2 N–H and O–H groups in total. The van der Waals surface area contributed by atoms with Crippen LogP contribution in [0.5, 0.6) is 0 Å². The minimum absolute atomic E-state index is 0.144. The molecule has 1 aliphatic heterocycles. The molecule has 6 nitrogen and oxygen atoms in total. The maximum atomic E-state index is 13.0. The van der Waals surface area contributed by atoms with Crippen LogP contribution in [-0.4, -0.2) is 29.3 Å². The minimum Gasteiger partial charge on any atom is -0.324 e. The molecule has 0 unspecified atom stereocenters. The normalized spacial score (nSPS) is 14.8. The van der Waals surface area contributed by atoms with Crippen molar-refractivity contribution >= 4 is 51.2 Å². The molecule has 4 aromatic carbocycles. The summed E-state index contributed by atoms with van der Waals surface area (Å²) < 4.78 is 0. The van der Waals surface area contributed by atoms with Crippen LogP contribution in [0.15, 0.2) is 84.6 Å². The van der Waals surface area contributed by atoms with Crippen LogP contribution in [0, 0.1) is 6.92 Å². The van der Waals surface area contributed by atoms with Crippen LogP contribution in [0.4, 0.5) is 10.5 Å². The lowest BCUT2D eigenvalue weighted by Crippen LogP contribution is -2.38. The summed E-state index contributed by atoms with van der Waals surface area (Å²) >= 11 is 0. The maximum absolute atomic E-state index is 13.0. The van der Waals surface area contributed by atoms with Crippen LogP contribution in [0.3, 0.4) is 0 Å². The van der Waals surface area contributed by atoms with E-state index in [1.54, 1.807) is 12.1 Å². The summed E-state index contributed by atoms with van der Waals surface area (Å²) in [6.45, 7) is 1.51. The zero-order valence-corrected chi connectivity index (χ0v) is 18.0. The highest BCUT2D eigenvalue weighted by Crippen LogP contribution is 2.30. The van der Waals surface area contributed by atoms with Gasteiger partial charge in [-0.2, -0.15) is 0 Å². The molecule has 1 aliphatic rings. The van der Waals surface area contributed by atoms with Gasteiger partial charge in [-0.05, 0) is 57.8 Å². The summed E-state index contributed by atoms with van der Waals surface area (Å²) in [5.41, 5.74) is 2.53. The molecule has 4 amide bonds. The Kier molecular flexibility index (Phi) is 5.11. The molecule has 0 spiro atoms. The van der Waals surface area contributed by atoms with Gasteiger partial charge >= 0.3 is 6.03 Å². The maximum Gasteiger partial charge on any atom is 0.329 e. The molecule has 0 aromatic heterocycles. The summed E-state index contributed by atoms with van der Waals surface area (Å²) in [4.78, 5) is 39.0. The lowest BCUT2D eigenvalue weighted by molar-refractivity contribution is -0.127. The fourth-order valence-electron chi connectivity index (χ4n) is 4.11. The highest BCUT2D eigenvalue weighted by atomic mass is 16.2. The van der Waals surface area contributed by atoms with Crippen molar-refractivity contribution in [2.75, 3.05) is 11.9 Å². The van der Waals surface area contributed by atoms with E-state index < -0.39 is 17.8 Å². The zero-order valence-electron chi connectivity index (χ0n) is 18.0. The van der Waals surface area contributed by atoms with Crippen molar-refractivity contribution in [2.24, 2.45) is 0 Å². The third kappa shape index (κ3) is 3.83. The Balaban J connectivity index is 1.47. The molecular formula is C27H21N3O3. The number of rotatable bonds is 4. The van der Waals surface area contributed by atoms with E-state index >= 15 is 0 Å². The van der Waals surface area contributed by atoms with Crippen LogP contribution >= 0.6 is 0 Å². The van der Waals surface area contributed by atoms with Crippen molar-refractivity contribution in [3.05, 3.63) is 95.7 Å². The predicted molar refractivity (Wildman–Crippen MR) is 129 cm³/mol. The van der Waals surface area contributed by atoms with Crippen LogP contribution in [-0.2, 0) is 9.59 Å². The second-order valence-electron chi connectivity index (χ2n) is 7.98. The molecule has 4 aromatic rings. The second kappa shape index (κ2) is 8.24. The van der Waals surface area contributed by atoms with Crippen LogP contribution in [0.1, 0.15) is 11.1 Å². The standard InChI is InChI=1S/C27H21N3O3/c1-17-8-2-7-13-23(17)28-25(31)16-30-26(32)24(29-27(30)33)15-22-20-11-5-3-9-18(20)14-19-10-4-6-12-21(19)22/h2-15H,16H2,1H3,(H,28,31)(H,29,33)/b24-15-. The first-order valence-electron chi connectivity index (χ1n) is 10.6. The molecule has 6 heteroatoms. The summed E-state index contributed by atoms with van der Waals surface area (Å²) in [5.74, 6) is -0.971. The molecule has 0 radical (unpaired) electrons. The van der Waals surface area contributed by atoms with Gasteiger partial charge in [-0.1, -0.05) is 66.7 Å². The van der Waals surface area contributed by atoms with E-state index in [4.69, 9.17) is 0 Å². The van der Waals surface area contributed by atoms with Crippen LogP contribution < -0.4 is 10.6 Å². The third-order valence-corrected chi connectivity index (χ3v) is 5.78. The summed E-state index contributed by atoms with van der Waals surface area (Å²) in [7, 11) is 0. The molecule has 0 atom stereocenters. The first-order chi connectivity index (χ1) is 16.0. The Morgan fingerprint density at radius 2 is 1.52 bits per heavy atom. The summed E-state index contributed by atoms with van der Waals surface area (Å²) in [6.07, 6.45) is 1.70. The number of urea groups is 1. The van der Waals surface area contributed by atoms with Gasteiger partial charge in [-0.3, -0.25) is 9.59 Å². The van der Waals surface area contributed by atoms with Gasteiger partial charge in [0.15, 0.2) is 0 Å². The molecule has 5 rings (SSSR count). The van der Waals surface area contributed by atoms with Crippen molar-refractivity contribution in [3.63, 3.8) is 0 Å². The number of imide groups is 1. The van der Waals surface area contributed by atoms with Crippen molar-refractivity contribution in [1.29, 1.82) is 0 Å². The molecular weight excluding hydrogens is 414 g/mol. The quantitative estimate of drug-likeness (QED) is 0.274. The first-order valence-corrected chi connectivity index (χ1v) is 10.6. The van der Waals surface area contributed by atoms with E-state index in [1.165, 1.54) is 0 Å². The summed E-state index contributed by atoms with van der Waals surface area (Å²) in [5, 5.41) is 9.41. The Morgan fingerprint density at radius 1 is 0.909 bits per heavy atom. The Morgan fingerprint density at radius 3 is 2.18 bits per heavy atom. The monoisotopic (exact) mass is 435 g/mol. The van der Waals surface area contributed by atoms with Crippen molar-refractivity contribution < 1.29 is 14.4 Å². The van der Waals surface area contributed by atoms with Gasteiger partial charge in [0.05, 0.1) is 0 Å². The lowest BCUT2D eigenvalue weighted by Gasteiger charge is -2.13. The number of hydrogen-bond acceptors (Lipinski definition) is 3. The largest absolute Gasteiger partial charge is 0.329 e. The van der Waals surface area contributed by atoms with Gasteiger partial charge in [-0.25, -0.2) is 9.69 Å². The number of amides is 4. The highest BCUT2D eigenvalue weighted by molar-refractivity contribution is 6.18. The fraction of sp³-hybridized carbons (Fsp3) is 0.0741.